The minimum Gasteiger partial charge on any atom is -0.483 e. The summed E-state index contributed by atoms with van der Waals surface area (Å²) in [4.78, 5) is 10.3. The van der Waals surface area contributed by atoms with Crippen LogP contribution in [0.3, 0.4) is 0 Å². The molecule has 0 unspecified atom stereocenters. The molecular formula is C18H30O3. The molecule has 1 rings (SSSR count). The van der Waals surface area contributed by atoms with Gasteiger partial charge in [0.25, 0.3) is 0 Å². The molecule has 0 aliphatic carbocycles. The molecule has 0 bridgehead atoms. The smallest absolute Gasteiger partial charge is 0.303 e. The van der Waals surface area contributed by atoms with Crippen molar-refractivity contribution in [1.29, 1.82) is 0 Å². The van der Waals surface area contributed by atoms with Crippen LogP contribution in [0.5, 0.6) is 0 Å². The number of rotatable bonds is 13. The third kappa shape index (κ3) is 10.2. The van der Waals surface area contributed by atoms with Gasteiger partial charge in [-0.2, -0.15) is 0 Å². The number of allylic oxidation sites excluding steroid dienone is 3. The Kier molecular flexibility index (Phi) is 9.68. The fraction of sp³-hybridized carbons (Fsp3) is 0.722. The highest BCUT2D eigenvalue weighted by molar-refractivity contribution is 5.66. The van der Waals surface area contributed by atoms with Gasteiger partial charge in [-0.1, -0.05) is 51.2 Å². The summed E-state index contributed by atoms with van der Waals surface area (Å²) in [7, 11) is 0. The fourth-order valence-corrected chi connectivity index (χ4v) is 2.39. The minimum absolute atomic E-state index is 0.312. The lowest BCUT2D eigenvalue weighted by molar-refractivity contribution is -0.137. The van der Waals surface area contributed by atoms with E-state index in [0.717, 1.165) is 31.4 Å². The molecule has 0 aromatic carbocycles. The van der Waals surface area contributed by atoms with E-state index < -0.39 is 5.97 Å². The van der Waals surface area contributed by atoms with Gasteiger partial charge >= 0.3 is 5.97 Å². The molecule has 1 atom stereocenters. The van der Waals surface area contributed by atoms with E-state index >= 15 is 0 Å². The molecule has 1 saturated heterocycles. The van der Waals surface area contributed by atoms with Crippen molar-refractivity contribution in [1.82, 2.24) is 0 Å². The summed E-state index contributed by atoms with van der Waals surface area (Å²) in [5.74, 6) is 0.470. The zero-order chi connectivity index (χ0) is 15.3. The Bertz CT molecular complexity index is 344. The topological polar surface area (TPSA) is 49.8 Å². The fourth-order valence-electron chi connectivity index (χ4n) is 2.39. The van der Waals surface area contributed by atoms with Crippen molar-refractivity contribution in [2.75, 3.05) is 0 Å². The maximum atomic E-state index is 10.3. The predicted octanol–water partition coefficient (Wildman–Crippen LogP) is 5.22. The Labute approximate surface area is 129 Å². The number of ether oxygens (including phenoxy) is 1. The van der Waals surface area contributed by atoms with Crippen LogP contribution in [0.4, 0.5) is 0 Å². The van der Waals surface area contributed by atoms with Gasteiger partial charge in [0.1, 0.15) is 5.76 Å². The van der Waals surface area contributed by atoms with Gasteiger partial charge in [-0.25, -0.2) is 0 Å². The molecule has 0 saturated carbocycles. The summed E-state index contributed by atoms with van der Waals surface area (Å²) in [5.41, 5.74) is 0. The van der Waals surface area contributed by atoms with Gasteiger partial charge in [0.15, 0.2) is 6.10 Å². The van der Waals surface area contributed by atoms with E-state index in [9.17, 15) is 4.79 Å². The molecule has 0 radical (unpaired) electrons. The van der Waals surface area contributed by atoms with Crippen molar-refractivity contribution in [3.05, 3.63) is 24.0 Å². The molecule has 1 heterocycles. The average Bonchev–Trinajstić information content (AvgIpc) is 3.19. The number of epoxide rings is 1. The van der Waals surface area contributed by atoms with Gasteiger partial charge in [-0.05, 0) is 38.2 Å². The highest BCUT2D eigenvalue weighted by atomic mass is 16.6. The van der Waals surface area contributed by atoms with Crippen molar-refractivity contribution in [2.45, 2.75) is 83.7 Å². The molecule has 0 aromatic heterocycles. The Morgan fingerprint density at radius 1 is 1.14 bits per heavy atom. The van der Waals surface area contributed by atoms with E-state index in [-0.39, 0.29) is 0 Å². The van der Waals surface area contributed by atoms with E-state index in [4.69, 9.17) is 9.84 Å². The Morgan fingerprint density at radius 3 is 2.67 bits per heavy atom. The van der Waals surface area contributed by atoms with Crippen LogP contribution in [0.2, 0.25) is 0 Å². The third-order valence-corrected chi connectivity index (χ3v) is 3.77. The third-order valence-electron chi connectivity index (χ3n) is 3.77. The molecule has 1 N–H and O–H groups in total. The van der Waals surface area contributed by atoms with Gasteiger partial charge in [-0.3, -0.25) is 4.79 Å². The highest BCUT2D eigenvalue weighted by Crippen LogP contribution is 2.31. The quantitative estimate of drug-likeness (QED) is 0.374. The number of carbonyl (C=O) groups is 1. The summed E-state index contributed by atoms with van der Waals surface area (Å²) in [6.45, 7) is 2.22. The first-order valence-electron chi connectivity index (χ1n) is 8.49. The Hall–Kier alpha value is -1.25. The van der Waals surface area contributed by atoms with Crippen LogP contribution >= 0.6 is 0 Å². The van der Waals surface area contributed by atoms with Crippen LogP contribution in [0.25, 0.3) is 0 Å². The summed E-state index contributed by atoms with van der Waals surface area (Å²) < 4.78 is 5.52. The van der Waals surface area contributed by atoms with Crippen LogP contribution in [0.15, 0.2) is 24.0 Å². The standard InChI is InChI=1S/C18H30O3/c1-2-3-10-13-16-17(21-16)14-11-8-6-4-5-7-9-12-15-18(19)20/h8,11,14,16H,2-7,9-10,12-13,15H2,1H3,(H,19,20)/b11-8-,17-14+/t16-/m0/s1. The van der Waals surface area contributed by atoms with Crippen molar-refractivity contribution in [3.63, 3.8) is 0 Å². The lowest BCUT2D eigenvalue weighted by atomic mass is 10.1. The van der Waals surface area contributed by atoms with Crippen molar-refractivity contribution >= 4 is 5.97 Å². The van der Waals surface area contributed by atoms with Crippen LogP contribution in [0.1, 0.15) is 77.6 Å². The molecule has 120 valence electrons. The second kappa shape index (κ2) is 11.4. The SMILES string of the molecule is CCCCC[C@@H]1O/C1=C/C=C\CCCCCCCC(=O)O. The first-order valence-corrected chi connectivity index (χ1v) is 8.49. The van der Waals surface area contributed by atoms with Crippen LogP contribution < -0.4 is 0 Å². The first-order chi connectivity index (χ1) is 10.2. The molecule has 1 aliphatic heterocycles. The summed E-state index contributed by atoms with van der Waals surface area (Å²) in [6.07, 6.45) is 18.6. The summed E-state index contributed by atoms with van der Waals surface area (Å²) in [5, 5.41) is 8.52. The molecule has 3 nitrogen and oxygen atoms in total. The summed E-state index contributed by atoms with van der Waals surface area (Å²) in [6, 6.07) is 0. The van der Waals surface area contributed by atoms with Gasteiger partial charge < -0.3 is 9.84 Å². The second-order valence-electron chi connectivity index (χ2n) is 5.80. The molecule has 3 heteroatoms. The van der Waals surface area contributed by atoms with Crippen LogP contribution in [-0.2, 0) is 9.53 Å². The Balaban J connectivity index is 1.88. The normalized spacial score (nSPS) is 19.1. The molecule has 0 amide bonds. The lowest BCUT2D eigenvalue weighted by Gasteiger charge is -1.97. The van der Waals surface area contributed by atoms with E-state index in [2.05, 4.69) is 25.2 Å². The first kappa shape index (κ1) is 17.8. The number of carboxylic acid groups (broad SMARTS) is 1. The van der Waals surface area contributed by atoms with Gasteiger partial charge in [-0.15, -0.1) is 0 Å². The lowest BCUT2D eigenvalue weighted by Crippen LogP contribution is -1.93. The number of aliphatic carboxylic acids is 1. The predicted molar refractivity (Wildman–Crippen MR) is 86.2 cm³/mol. The van der Waals surface area contributed by atoms with Crippen LogP contribution in [0, 0.1) is 0 Å². The zero-order valence-corrected chi connectivity index (χ0v) is 13.4. The molecular weight excluding hydrogens is 264 g/mol. The number of carboxylic acids is 1. The largest absolute Gasteiger partial charge is 0.483 e. The number of unbranched alkanes of at least 4 members (excludes halogenated alkanes) is 7. The minimum atomic E-state index is -0.679. The van der Waals surface area contributed by atoms with Gasteiger partial charge in [0, 0.05) is 6.42 Å². The monoisotopic (exact) mass is 294 g/mol. The summed E-state index contributed by atoms with van der Waals surface area (Å²) >= 11 is 0. The average molecular weight is 294 g/mol. The number of hydrogen-bond acceptors (Lipinski definition) is 2. The van der Waals surface area contributed by atoms with Crippen LogP contribution in [-0.4, -0.2) is 17.2 Å². The second-order valence-corrected chi connectivity index (χ2v) is 5.80. The van der Waals surface area contributed by atoms with Crippen molar-refractivity contribution in [3.8, 4) is 0 Å². The zero-order valence-electron chi connectivity index (χ0n) is 13.4. The maximum absolute atomic E-state index is 10.3. The van der Waals surface area contributed by atoms with E-state index in [1.165, 1.54) is 38.5 Å². The van der Waals surface area contributed by atoms with E-state index in [1.54, 1.807) is 0 Å². The molecule has 21 heavy (non-hydrogen) atoms. The number of hydrogen-bond donors (Lipinski definition) is 1. The van der Waals surface area contributed by atoms with Crippen molar-refractivity contribution < 1.29 is 14.6 Å². The Morgan fingerprint density at radius 2 is 1.90 bits per heavy atom. The van der Waals surface area contributed by atoms with Gasteiger partial charge in [0.2, 0.25) is 0 Å². The van der Waals surface area contributed by atoms with Crippen molar-refractivity contribution in [2.24, 2.45) is 0 Å². The molecule has 1 fully saturated rings. The van der Waals surface area contributed by atoms with Gasteiger partial charge in [0.05, 0.1) is 0 Å². The molecule has 0 spiro atoms. The maximum Gasteiger partial charge on any atom is 0.303 e. The highest BCUT2D eigenvalue weighted by Gasteiger charge is 2.30. The molecule has 0 aromatic rings. The molecule has 1 aliphatic rings. The van der Waals surface area contributed by atoms with E-state index in [1.807, 2.05) is 0 Å². The van der Waals surface area contributed by atoms with E-state index in [0.29, 0.717) is 12.5 Å².